The van der Waals surface area contributed by atoms with Crippen LogP contribution in [0, 0.1) is 13.8 Å². The molecular formula is C21H23ClN4O3S2. The Kier molecular flexibility index (Phi) is 6.98. The van der Waals surface area contributed by atoms with Gasteiger partial charge in [0, 0.05) is 10.6 Å². The van der Waals surface area contributed by atoms with Crippen LogP contribution in [0.2, 0.25) is 5.02 Å². The molecular weight excluding hydrogens is 456 g/mol. The number of benzene rings is 2. The van der Waals surface area contributed by atoms with E-state index in [-0.39, 0.29) is 6.42 Å². The number of nitrogens with one attached hydrogen (secondary N) is 1. The fourth-order valence-corrected chi connectivity index (χ4v) is 5.38. The Balaban J connectivity index is 1.88. The van der Waals surface area contributed by atoms with Crippen LogP contribution in [0.3, 0.4) is 0 Å². The van der Waals surface area contributed by atoms with Crippen molar-refractivity contribution in [3.63, 3.8) is 0 Å². The van der Waals surface area contributed by atoms with E-state index < -0.39 is 22.0 Å². The van der Waals surface area contributed by atoms with Crippen LogP contribution in [0.15, 0.2) is 42.5 Å². The molecule has 2 aromatic carbocycles. The van der Waals surface area contributed by atoms with E-state index in [1.165, 1.54) is 15.6 Å². The van der Waals surface area contributed by atoms with Gasteiger partial charge in [0.05, 0.1) is 11.9 Å². The Morgan fingerprint density at radius 1 is 1.13 bits per heavy atom. The molecule has 1 heterocycles. The van der Waals surface area contributed by atoms with Gasteiger partial charge in [0.2, 0.25) is 21.1 Å². The topological polar surface area (TPSA) is 92.3 Å². The number of aryl methyl sites for hydroxylation is 2. The maximum Gasteiger partial charge on any atom is 0.250 e. The summed E-state index contributed by atoms with van der Waals surface area (Å²) >= 11 is 7.12. The van der Waals surface area contributed by atoms with Crippen molar-refractivity contribution in [1.82, 2.24) is 10.2 Å². The van der Waals surface area contributed by atoms with Crippen molar-refractivity contribution in [1.29, 1.82) is 0 Å². The molecule has 3 rings (SSSR count). The van der Waals surface area contributed by atoms with Gasteiger partial charge in [-0.25, -0.2) is 8.42 Å². The van der Waals surface area contributed by atoms with E-state index in [9.17, 15) is 13.2 Å². The van der Waals surface area contributed by atoms with Crippen molar-refractivity contribution in [2.75, 3.05) is 15.9 Å². The van der Waals surface area contributed by atoms with Crippen LogP contribution in [-0.2, 0) is 14.8 Å². The zero-order valence-electron chi connectivity index (χ0n) is 17.6. The first kappa shape index (κ1) is 23.2. The van der Waals surface area contributed by atoms with Crippen molar-refractivity contribution in [3.05, 3.63) is 58.6 Å². The van der Waals surface area contributed by atoms with E-state index in [1.54, 1.807) is 31.2 Å². The van der Waals surface area contributed by atoms with E-state index in [1.807, 2.05) is 32.0 Å². The number of sulfonamides is 1. The van der Waals surface area contributed by atoms with E-state index >= 15 is 0 Å². The molecule has 0 aliphatic carbocycles. The first-order valence-corrected chi connectivity index (χ1v) is 12.6. The highest BCUT2D eigenvalue weighted by atomic mass is 35.5. The van der Waals surface area contributed by atoms with Crippen LogP contribution in [0.4, 0.5) is 10.8 Å². The second kappa shape index (κ2) is 9.33. The lowest BCUT2D eigenvalue weighted by molar-refractivity contribution is -0.117. The molecule has 1 N–H and O–H groups in total. The average molecular weight is 479 g/mol. The first-order chi connectivity index (χ1) is 14.6. The summed E-state index contributed by atoms with van der Waals surface area (Å²) in [6.07, 6.45) is 1.39. The maximum absolute atomic E-state index is 13.1. The number of carbonyl (C=O) groups is 1. The molecule has 7 nitrogen and oxygen atoms in total. The smallest absolute Gasteiger partial charge is 0.250 e. The number of nitrogens with zero attached hydrogens (tertiary/aromatic N) is 3. The van der Waals surface area contributed by atoms with E-state index in [0.717, 1.165) is 22.9 Å². The number of rotatable bonds is 7. The molecule has 0 unspecified atom stereocenters. The molecule has 0 saturated heterocycles. The highest BCUT2D eigenvalue weighted by molar-refractivity contribution is 7.92. The van der Waals surface area contributed by atoms with Gasteiger partial charge in [-0.2, -0.15) is 0 Å². The lowest BCUT2D eigenvalue weighted by Crippen LogP contribution is -2.47. The predicted molar refractivity (Wildman–Crippen MR) is 126 cm³/mol. The highest BCUT2D eigenvalue weighted by Gasteiger charge is 2.32. The SMILES string of the molecule is CC[C@@H](C(=O)Nc1nnc(-c2ccc(Cl)cc2)s1)N(c1cc(C)cc(C)c1)S(C)(=O)=O. The normalized spacial score (nSPS) is 12.4. The third-order valence-corrected chi connectivity index (χ3v) is 6.86. The lowest BCUT2D eigenvalue weighted by Gasteiger charge is -2.30. The molecule has 0 radical (unpaired) electrons. The summed E-state index contributed by atoms with van der Waals surface area (Å²) in [4.78, 5) is 13.1. The van der Waals surface area contributed by atoms with Crippen LogP contribution in [0.1, 0.15) is 24.5 Å². The zero-order valence-corrected chi connectivity index (χ0v) is 20.0. The average Bonchev–Trinajstić information content (AvgIpc) is 3.13. The van der Waals surface area contributed by atoms with Gasteiger partial charge in [-0.3, -0.25) is 14.4 Å². The van der Waals surface area contributed by atoms with Crippen molar-refractivity contribution in [3.8, 4) is 10.6 Å². The van der Waals surface area contributed by atoms with E-state index in [2.05, 4.69) is 15.5 Å². The molecule has 0 aliphatic rings. The minimum atomic E-state index is -3.71. The fourth-order valence-electron chi connectivity index (χ4n) is 3.31. The second-order valence-electron chi connectivity index (χ2n) is 7.24. The summed E-state index contributed by atoms with van der Waals surface area (Å²) in [6.45, 7) is 5.54. The van der Waals surface area contributed by atoms with Crippen molar-refractivity contribution >= 4 is 49.7 Å². The number of anilines is 2. The van der Waals surface area contributed by atoms with Gasteiger partial charge in [-0.1, -0.05) is 48.1 Å². The Morgan fingerprint density at radius 2 is 1.74 bits per heavy atom. The minimum absolute atomic E-state index is 0.286. The van der Waals surface area contributed by atoms with Gasteiger partial charge in [0.1, 0.15) is 11.0 Å². The number of halogens is 1. The summed E-state index contributed by atoms with van der Waals surface area (Å²) < 4.78 is 26.4. The van der Waals surface area contributed by atoms with Crippen molar-refractivity contribution < 1.29 is 13.2 Å². The molecule has 31 heavy (non-hydrogen) atoms. The Morgan fingerprint density at radius 3 is 2.29 bits per heavy atom. The number of amides is 1. The quantitative estimate of drug-likeness (QED) is 0.533. The monoisotopic (exact) mass is 478 g/mol. The molecule has 1 amide bonds. The Labute approximate surface area is 191 Å². The summed E-state index contributed by atoms with van der Waals surface area (Å²) in [5.74, 6) is -0.467. The van der Waals surface area contributed by atoms with E-state index in [0.29, 0.717) is 20.8 Å². The lowest BCUT2D eigenvalue weighted by atomic mass is 10.1. The van der Waals surface area contributed by atoms with Crippen LogP contribution >= 0.6 is 22.9 Å². The minimum Gasteiger partial charge on any atom is -0.299 e. The van der Waals surface area contributed by atoms with Crippen molar-refractivity contribution in [2.45, 2.75) is 33.2 Å². The molecule has 0 bridgehead atoms. The summed E-state index contributed by atoms with van der Waals surface area (Å²) in [7, 11) is -3.71. The maximum atomic E-state index is 13.1. The highest BCUT2D eigenvalue weighted by Crippen LogP contribution is 2.29. The molecule has 0 fully saturated rings. The summed E-state index contributed by atoms with van der Waals surface area (Å²) in [5, 5.41) is 12.4. The molecule has 164 valence electrons. The third-order valence-electron chi connectivity index (χ3n) is 4.54. The molecule has 0 saturated carbocycles. The number of carbonyl (C=O) groups excluding carboxylic acids is 1. The molecule has 0 spiro atoms. The van der Waals surface area contributed by atoms with Gasteiger partial charge >= 0.3 is 0 Å². The Bertz CT molecular complexity index is 1170. The van der Waals surface area contributed by atoms with Gasteiger partial charge in [0.25, 0.3) is 0 Å². The summed E-state index contributed by atoms with van der Waals surface area (Å²) in [5.41, 5.74) is 3.11. The molecule has 3 aromatic rings. The molecule has 10 heteroatoms. The number of hydrogen-bond donors (Lipinski definition) is 1. The van der Waals surface area contributed by atoms with Crippen LogP contribution in [-0.4, -0.2) is 36.8 Å². The van der Waals surface area contributed by atoms with Gasteiger partial charge in [-0.15, -0.1) is 10.2 Å². The zero-order chi connectivity index (χ0) is 22.8. The Hall–Kier alpha value is -2.49. The second-order valence-corrected chi connectivity index (χ2v) is 10.5. The largest absolute Gasteiger partial charge is 0.299 e. The van der Waals surface area contributed by atoms with Crippen LogP contribution in [0.25, 0.3) is 10.6 Å². The summed E-state index contributed by atoms with van der Waals surface area (Å²) in [6, 6.07) is 11.7. The van der Waals surface area contributed by atoms with Gasteiger partial charge in [-0.05, 0) is 55.7 Å². The van der Waals surface area contributed by atoms with Crippen LogP contribution in [0.5, 0.6) is 0 Å². The standard InChI is InChI=1S/C21H23ClN4O3S2/c1-5-18(26(31(4,28)29)17-11-13(2)10-14(3)12-17)19(27)23-21-25-24-20(30-21)15-6-8-16(22)9-7-15/h6-12,18H,5H2,1-4H3,(H,23,25,27)/t18-/m0/s1. The van der Waals surface area contributed by atoms with Crippen LogP contribution < -0.4 is 9.62 Å². The van der Waals surface area contributed by atoms with Gasteiger partial charge < -0.3 is 0 Å². The van der Waals surface area contributed by atoms with Crippen molar-refractivity contribution in [2.24, 2.45) is 0 Å². The third kappa shape index (κ3) is 5.61. The number of aromatic nitrogens is 2. The molecule has 1 atom stereocenters. The molecule has 0 aliphatic heterocycles. The van der Waals surface area contributed by atoms with Gasteiger partial charge in [0.15, 0.2) is 0 Å². The fraction of sp³-hybridized carbons (Fsp3) is 0.286. The first-order valence-electron chi connectivity index (χ1n) is 9.56. The number of hydrogen-bond acceptors (Lipinski definition) is 6. The molecule has 1 aromatic heterocycles. The van der Waals surface area contributed by atoms with E-state index in [4.69, 9.17) is 11.6 Å². The predicted octanol–water partition coefficient (Wildman–Crippen LogP) is 4.66.